The van der Waals surface area contributed by atoms with Crippen LogP contribution >= 0.6 is 23.2 Å². The van der Waals surface area contributed by atoms with Gasteiger partial charge in [0, 0.05) is 28.7 Å². The highest BCUT2D eigenvalue weighted by molar-refractivity contribution is 6.34. The molecule has 0 heterocycles. The summed E-state index contributed by atoms with van der Waals surface area (Å²) in [4.78, 5) is 2.38. The van der Waals surface area contributed by atoms with E-state index in [2.05, 4.69) is 11.9 Å². The lowest BCUT2D eigenvalue weighted by atomic mass is 9.91. The van der Waals surface area contributed by atoms with E-state index in [0.29, 0.717) is 22.1 Å². The molecular weight excluding hydrogens is 267 g/mol. The molecule has 18 heavy (non-hydrogen) atoms. The molecule has 2 nitrogen and oxygen atoms in total. The fourth-order valence-corrected chi connectivity index (χ4v) is 3.23. The molecule has 0 spiro atoms. The lowest BCUT2D eigenvalue weighted by molar-refractivity contribution is 0.176. The first-order chi connectivity index (χ1) is 8.54. The summed E-state index contributed by atoms with van der Waals surface area (Å²) in [6.45, 7) is 0.889. The van der Waals surface area contributed by atoms with Gasteiger partial charge in [-0.15, -0.1) is 0 Å². The van der Waals surface area contributed by atoms with Crippen LogP contribution < -0.4 is 5.73 Å². The molecule has 1 aromatic carbocycles. The maximum Gasteiger partial charge on any atom is 0.0424 e. The second-order valence-corrected chi connectivity index (χ2v) is 6.13. The second kappa shape index (κ2) is 6.25. The molecular formula is C14H20Cl2N2. The van der Waals surface area contributed by atoms with Crippen molar-refractivity contribution >= 4 is 23.2 Å². The van der Waals surface area contributed by atoms with Crippen molar-refractivity contribution in [2.45, 2.75) is 44.3 Å². The number of halogens is 2. The SMILES string of the molecule is CN(Cc1cc(Cl)cc(Cl)c1)C1CCC(N)CC1. The predicted molar refractivity (Wildman–Crippen MR) is 78.2 cm³/mol. The van der Waals surface area contributed by atoms with Gasteiger partial charge in [0.05, 0.1) is 0 Å². The quantitative estimate of drug-likeness (QED) is 0.918. The normalized spacial score (nSPS) is 24.5. The highest BCUT2D eigenvalue weighted by Crippen LogP contribution is 2.24. The Hall–Kier alpha value is -0.280. The fourth-order valence-electron chi connectivity index (χ4n) is 2.66. The zero-order chi connectivity index (χ0) is 13.1. The van der Waals surface area contributed by atoms with Gasteiger partial charge in [-0.05, 0) is 56.5 Å². The van der Waals surface area contributed by atoms with Gasteiger partial charge in [-0.1, -0.05) is 23.2 Å². The fraction of sp³-hybridized carbons (Fsp3) is 0.571. The van der Waals surface area contributed by atoms with E-state index in [1.807, 2.05) is 12.1 Å². The van der Waals surface area contributed by atoms with Crippen LogP contribution in [-0.2, 0) is 6.54 Å². The van der Waals surface area contributed by atoms with Gasteiger partial charge in [-0.25, -0.2) is 0 Å². The molecule has 0 aromatic heterocycles. The van der Waals surface area contributed by atoms with Gasteiger partial charge in [0.2, 0.25) is 0 Å². The van der Waals surface area contributed by atoms with Gasteiger partial charge < -0.3 is 5.73 Å². The lowest BCUT2D eigenvalue weighted by Crippen LogP contribution is -2.38. The third-order valence-electron chi connectivity index (χ3n) is 3.72. The van der Waals surface area contributed by atoms with E-state index in [1.165, 1.54) is 18.4 Å². The number of nitrogens with two attached hydrogens (primary N) is 1. The molecule has 1 aliphatic rings. The van der Waals surface area contributed by atoms with E-state index in [0.717, 1.165) is 19.4 Å². The highest BCUT2D eigenvalue weighted by Gasteiger charge is 2.21. The summed E-state index contributed by atoms with van der Waals surface area (Å²) in [5.41, 5.74) is 7.11. The van der Waals surface area contributed by atoms with Gasteiger partial charge in [0.25, 0.3) is 0 Å². The van der Waals surface area contributed by atoms with E-state index < -0.39 is 0 Å². The van der Waals surface area contributed by atoms with Crippen LogP contribution in [0.4, 0.5) is 0 Å². The summed E-state index contributed by atoms with van der Waals surface area (Å²) in [6, 6.07) is 6.77. The maximum absolute atomic E-state index is 6.02. The van der Waals surface area contributed by atoms with Crippen molar-refractivity contribution in [1.82, 2.24) is 4.90 Å². The Balaban J connectivity index is 1.96. The van der Waals surface area contributed by atoms with Crippen molar-refractivity contribution in [3.63, 3.8) is 0 Å². The first-order valence-electron chi connectivity index (χ1n) is 6.45. The van der Waals surface area contributed by atoms with Crippen molar-refractivity contribution in [2.24, 2.45) is 5.73 Å². The first-order valence-corrected chi connectivity index (χ1v) is 7.21. The zero-order valence-corrected chi connectivity index (χ0v) is 12.2. The summed E-state index contributed by atoms with van der Waals surface area (Å²) in [5, 5.41) is 1.41. The van der Waals surface area contributed by atoms with Crippen molar-refractivity contribution in [3.05, 3.63) is 33.8 Å². The van der Waals surface area contributed by atoms with Crippen molar-refractivity contribution < 1.29 is 0 Å². The monoisotopic (exact) mass is 286 g/mol. The van der Waals surface area contributed by atoms with Gasteiger partial charge in [-0.3, -0.25) is 4.90 Å². The summed E-state index contributed by atoms with van der Waals surface area (Å²) < 4.78 is 0. The average Bonchev–Trinajstić information content (AvgIpc) is 2.28. The molecule has 1 fully saturated rings. The number of hydrogen-bond donors (Lipinski definition) is 1. The molecule has 4 heteroatoms. The summed E-state index contributed by atoms with van der Waals surface area (Å²) >= 11 is 12.0. The largest absolute Gasteiger partial charge is 0.328 e. The molecule has 0 saturated heterocycles. The molecule has 0 aliphatic heterocycles. The van der Waals surface area contributed by atoms with Crippen molar-refractivity contribution in [3.8, 4) is 0 Å². The van der Waals surface area contributed by atoms with Gasteiger partial charge in [0.1, 0.15) is 0 Å². The molecule has 2 N–H and O–H groups in total. The first kappa shape index (κ1) is 14.1. The van der Waals surface area contributed by atoms with Crippen molar-refractivity contribution in [1.29, 1.82) is 0 Å². The zero-order valence-electron chi connectivity index (χ0n) is 10.7. The standard InChI is InChI=1S/C14H20Cl2N2/c1-18(14-4-2-13(17)3-5-14)9-10-6-11(15)8-12(16)7-10/h6-8,13-14H,2-5,9,17H2,1H3. The third-order valence-corrected chi connectivity index (χ3v) is 4.16. The van der Waals surface area contributed by atoms with Crippen LogP contribution in [0.25, 0.3) is 0 Å². The highest BCUT2D eigenvalue weighted by atomic mass is 35.5. The Kier molecular flexibility index (Phi) is 4.91. The Labute approximate surface area is 119 Å². The van der Waals surface area contributed by atoms with Gasteiger partial charge >= 0.3 is 0 Å². The Morgan fingerprint density at radius 3 is 2.22 bits per heavy atom. The smallest absolute Gasteiger partial charge is 0.0424 e. The summed E-state index contributed by atoms with van der Waals surface area (Å²) in [5.74, 6) is 0. The van der Waals surface area contributed by atoms with Gasteiger partial charge in [0.15, 0.2) is 0 Å². The molecule has 0 amide bonds. The number of rotatable bonds is 3. The Bertz CT molecular complexity index is 381. The second-order valence-electron chi connectivity index (χ2n) is 5.26. The van der Waals surface area contributed by atoms with E-state index >= 15 is 0 Å². The number of hydrogen-bond acceptors (Lipinski definition) is 2. The minimum Gasteiger partial charge on any atom is -0.328 e. The van der Waals surface area contributed by atoms with E-state index in [4.69, 9.17) is 28.9 Å². The van der Waals surface area contributed by atoms with Crippen LogP contribution in [0.2, 0.25) is 10.0 Å². The average molecular weight is 287 g/mol. The minimum atomic E-state index is 0.398. The summed E-state index contributed by atoms with van der Waals surface area (Å²) in [6.07, 6.45) is 4.63. The molecule has 0 atom stereocenters. The molecule has 100 valence electrons. The van der Waals surface area contributed by atoms with Crippen LogP contribution in [0.5, 0.6) is 0 Å². The van der Waals surface area contributed by atoms with Crippen LogP contribution in [-0.4, -0.2) is 24.0 Å². The third kappa shape index (κ3) is 3.86. The molecule has 1 saturated carbocycles. The van der Waals surface area contributed by atoms with E-state index in [-0.39, 0.29) is 0 Å². The predicted octanol–water partition coefficient (Wildman–Crippen LogP) is 3.70. The van der Waals surface area contributed by atoms with Crippen LogP contribution in [0.1, 0.15) is 31.2 Å². The molecule has 0 bridgehead atoms. The molecule has 1 aromatic rings. The van der Waals surface area contributed by atoms with E-state index in [1.54, 1.807) is 6.07 Å². The Morgan fingerprint density at radius 1 is 1.11 bits per heavy atom. The van der Waals surface area contributed by atoms with Crippen LogP contribution in [0, 0.1) is 0 Å². The van der Waals surface area contributed by atoms with E-state index in [9.17, 15) is 0 Å². The molecule has 1 aliphatic carbocycles. The van der Waals surface area contributed by atoms with Crippen LogP contribution in [0.15, 0.2) is 18.2 Å². The molecule has 0 radical (unpaired) electrons. The van der Waals surface area contributed by atoms with Crippen molar-refractivity contribution in [2.75, 3.05) is 7.05 Å². The lowest BCUT2D eigenvalue weighted by Gasteiger charge is -2.33. The molecule has 0 unspecified atom stereocenters. The summed E-state index contributed by atoms with van der Waals surface area (Å²) in [7, 11) is 2.16. The minimum absolute atomic E-state index is 0.398. The molecule has 2 rings (SSSR count). The number of nitrogens with zero attached hydrogens (tertiary/aromatic N) is 1. The number of benzene rings is 1. The van der Waals surface area contributed by atoms with Crippen LogP contribution in [0.3, 0.4) is 0 Å². The topological polar surface area (TPSA) is 29.3 Å². The van der Waals surface area contributed by atoms with Gasteiger partial charge in [-0.2, -0.15) is 0 Å². The Morgan fingerprint density at radius 2 is 1.67 bits per heavy atom. The maximum atomic E-state index is 6.02.